The van der Waals surface area contributed by atoms with Gasteiger partial charge in [-0.05, 0) is 25.6 Å². The standard InChI is InChI=1S/C19H31N3O4/c1-21-10-12-25-15-16(14-21)13-20-19(23)22(2)9-6-11-26-18-8-5-4-7-17(18)24-3/h4-5,7-8,16H,6,9-15H2,1-3H3,(H,20,23). The fraction of sp³-hybridized carbons (Fsp3) is 0.632. The minimum absolute atomic E-state index is 0.0609. The number of ether oxygens (including phenoxy) is 3. The summed E-state index contributed by atoms with van der Waals surface area (Å²) in [4.78, 5) is 16.1. The minimum Gasteiger partial charge on any atom is -0.493 e. The van der Waals surface area contributed by atoms with Crippen LogP contribution in [-0.4, -0.2) is 83.0 Å². The van der Waals surface area contributed by atoms with Crippen LogP contribution in [0.1, 0.15) is 6.42 Å². The van der Waals surface area contributed by atoms with Crippen molar-refractivity contribution in [1.82, 2.24) is 15.1 Å². The van der Waals surface area contributed by atoms with E-state index in [2.05, 4.69) is 17.3 Å². The number of likely N-dealkylation sites (N-methyl/N-ethyl adjacent to an activating group) is 1. The van der Waals surface area contributed by atoms with Crippen LogP contribution in [0.15, 0.2) is 24.3 Å². The van der Waals surface area contributed by atoms with E-state index in [-0.39, 0.29) is 6.03 Å². The van der Waals surface area contributed by atoms with Gasteiger partial charge in [0.25, 0.3) is 0 Å². The Labute approximate surface area is 156 Å². The van der Waals surface area contributed by atoms with Gasteiger partial charge >= 0.3 is 6.03 Å². The molecule has 0 spiro atoms. The molecule has 0 saturated carbocycles. The Balaban J connectivity index is 1.64. The molecule has 2 rings (SSSR count). The van der Waals surface area contributed by atoms with E-state index >= 15 is 0 Å². The number of carbonyl (C=O) groups excluding carboxylic acids is 1. The number of hydrogen-bond acceptors (Lipinski definition) is 5. The van der Waals surface area contributed by atoms with Crippen LogP contribution in [0.25, 0.3) is 0 Å². The van der Waals surface area contributed by atoms with Gasteiger partial charge in [0.15, 0.2) is 11.5 Å². The van der Waals surface area contributed by atoms with Crippen molar-refractivity contribution in [1.29, 1.82) is 0 Å². The number of methoxy groups -OCH3 is 1. The lowest BCUT2D eigenvalue weighted by Gasteiger charge is -2.22. The maximum absolute atomic E-state index is 12.2. The lowest BCUT2D eigenvalue weighted by atomic mass is 10.1. The quantitative estimate of drug-likeness (QED) is 0.710. The number of rotatable bonds is 8. The predicted octanol–water partition coefficient (Wildman–Crippen LogP) is 1.68. The van der Waals surface area contributed by atoms with E-state index in [1.54, 1.807) is 19.1 Å². The third kappa shape index (κ3) is 6.72. The third-order valence-corrected chi connectivity index (χ3v) is 4.39. The molecule has 1 N–H and O–H groups in total. The van der Waals surface area contributed by atoms with Gasteiger partial charge in [0.05, 0.1) is 26.9 Å². The van der Waals surface area contributed by atoms with Crippen molar-refractivity contribution in [2.45, 2.75) is 6.42 Å². The van der Waals surface area contributed by atoms with Crippen LogP contribution in [0.5, 0.6) is 11.5 Å². The molecule has 0 aliphatic carbocycles. The van der Waals surface area contributed by atoms with E-state index < -0.39 is 0 Å². The topological polar surface area (TPSA) is 63.3 Å². The van der Waals surface area contributed by atoms with Gasteiger partial charge in [-0.2, -0.15) is 0 Å². The maximum atomic E-state index is 12.2. The van der Waals surface area contributed by atoms with Gasteiger partial charge < -0.3 is 29.3 Å². The molecule has 26 heavy (non-hydrogen) atoms. The van der Waals surface area contributed by atoms with E-state index in [0.29, 0.717) is 38.0 Å². The molecule has 2 amide bonds. The summed E-state index contributed by atoms with van der Waals surface area (Å²) in [5.74, 6) is 1.77. The summed E-state index contributed by atoms with van der Waals surface area (Å²) in [6, 6.07) is 7.49. The zero-order valence-electron chi connectivity index (χ0n) is 16.1. The number of para-hydroxylation sites is 2. The Kier molecular flexibility index (Phi) is 8.50. The molecular formula is C19H31N3O4. The third-order valence-electron chi connectivity index (χ3n) is 4.39. The van der Waals surface area contributed by atoms with Crippen molar-refractivity contribution in [3.05, 3.63) is 24.3 Å². The minimum atomic E-state index is -0.0609. The Bertz CT molecular complexity index is 555. The van der Waals surface area contributed by atoms with Gasteiger partial charge in [0.1, 0.15) is 0 Å². The molecule has 1 aliphatic rings. The first-order valence-electron chi connectivity index (χ1n) is 9.11. The van der Waals surface area contributed by atoms with Crippen LogP contribution in [0.4, 0.5) is 4.79 Å². The van der Waals surface area contributed by atoms with Crippen LogP contribution in [-0.2, 0) is 4.74 Å². The zero-order valence-corrected chi connectivity index (χ0v) is 16.1. The summed E-state index contributed by atoms with van der Waals surface area (Å²) in [5.41, 5.74) is 0. The number of benzene rings is 1. The van der Waals surface area contributed by atoms with Crippen LogP contribution < -0.4 is 14.8 Å². The molecule has 146 valence electrons. The lowest BCUT2D eigenvalue weighted by Crippen LogP contribution is -2.42. The van der Waals surface area contributed by atoms with E-state index in [4.69, 9.17) is 14.2 Å². The number of amides is 2. The Morgan fingerprint density at radius 2 is 2.15 bits per heavy atom. The molecule has 0 aromatic heterocycles. The second kappa shape index (κ2) is 10.9. The average Bonchev–Trinajstić information content (AvgIpc) is 2.87. The van der Waals surface area contributed by atoms with Crippen molar-refractivity contribution < 1.29 is 19.0 Å². The number of carbonyl (C=O) groups is 1. The smallest absolute Gasteiger partial charge is 0.317 e. The summed E-state index contributed by atoms with van der Waals surface area (Å²) in [6.45, 7) is 5.12. The Morgan fingerprint density at radius 1 is 1.38 bits per heavy atom. The molecule has 1 aliphatic heterocycles. The van der Waals surface area contributed by atoms with E-state index in [9.17, 15) is 4.79 Å². The summed E-state index contributed by atoms with van der Waals surface area (Å²) in [5, 5.41) is 3.00. The van der Waals surface area contributed by atoms with E-state index in [0.717, 1.165) is 31.9 Å². The first-order valence-corrected chi connectivity index (χ1v) is 9.11. The van der Waals surface area contributed by atoms with Gasteiger partial charge in [0.2, 0.25) is 0 Å². The molecule has 1 atom stereocenters. The van der Waals surface area contributed by atoms with E-state index in [1.165, 1.54) is 0 Å². The zero-order chi connectivity index (χ0) is 18.8. The second-order valence-corrected chi connectivity index (χ2v) is 6.66. The SMILES string of the molecule is COc1ccccc1OCCCN(C)C(=O)NCC1COCCN(C)C1. The van der Waals surface area contributed by atoms with Gasteiger partial charge in [0, 0.05) is 39.1 Å². The van der Waals surface area contributed by atoms with Crippen molar-refractivity contribution >= 4 is 6.03 Å². The average molecular weight is 365 g/mol. The molecule has 1 aromatic carbocycles. The van der Waals surface area contributed by atoms with E-state index in [1.807, 2.05) is 24.3 Å². The molecule has 1 aromatic rings. The number of urea groups is 1. The molecule has 7 nitrogen and oxygen atoms in total. The molecular weight excluding hydrogens is 334 g/mol. The fourth-order valence-electron chi connectivity index (χ4n) is 2.87. The fourth-order valence-corrected chi connectivity index (χ4v) is 2.87. The molecule has 1 unspecified atom stereocenters. The Morgan fingerprint density at radius 3 is 2.92 bits per heavy atom. The highest BCUT2D eigenvalue weighted by Gasteiger charge is 2.17. The number of hydrogen-bond donors (Lipinski definition) is 1. The Hall–Kier alpha value is -1.99. The molecule has 1 saturated heterocycles. The second-order valence-electron chi connectivity index (χ2n) is 6.66. The highest BCUT2D eigenvalue weighted by atomic mass is 16.5. The maximum Gasteiger partial charge on any atom is 0.317 e. The highest BCUT2D eigenvalue weighted by Crippen LogP contribution is 2.25. The first-order chi connectivity index (χ1) is 12.6. The summed E-state index contributed by atoms with van der Waals surface area (Å²) < 4.78 is 16.6. The van der Waals surface area contributed by atoms with Gasteiger partial charge in [-0.1, -0.05) is 12.1 Å². The predicted molar refractivity (Wildman–Crippen MR) is 101 cm³/mol. The van der Waals surface area contributed by atoms with Crippen molar-refractivity contribution in [3.63, 3.8) is 0 Å². The monoisotopic (exact) mass is 365 g/mol. The first kappa shape index (κ1) is 20.3. The summed E-state index contributed by atoms with van der Waals surface area (Å²) in [7, 11) is 5.50. The summed E-state index contributed by atoms with van der Waals surface area (Å²) in [6.07, 6.45) is 0.747. The van der Waals surface area contributed by atoms with Gasteiger partial charge in [-0.15, -0.1) is 0 Å². The number of nitrogens with zero attached hydrogens (tertiary/aromatic N) is 2. The highest BCUT2D eigenvalue weighted by molar-refractivity contribution is 5.73. The normalized spacial score (nSPS) is 18.0. The van der Waals surface area contributed by atoms with Crippen molar-refractivity contribution in [3.8, 4) is 11.5 Å². The largest absolute Gasteiger partial charge is 0.493 e. The lowest BCUT2D eigenvalue weighted by molar-refractivity contribution is 0.121. The summed E-state index contributed by atoms with van der Waals surface area (Å²) >= 11 is 0. The van der Waals surface area contributed by atoms with Crippen molar-refractivity contribution in [2.24, 2.45) is 5.92 Å². The van der Waals surface area contributed by atoms with Crippen molar-refractivity contribution in [2.75, 3.05) is 67.2 Å². The molecule has 1 heterocycles. The van der Waals surface area contributed by atoms with Crippen LogP contribution in [0.2, 0.25) is 0 Å². The van der Waals surface area contributed by atoms with Crippen LogP contribution in [0.3, 0.4) is 0 Å². The molecule has 1 fully saturated rings. The molecule has 0 bridgehead atoms. The van der Waals surface area contributed by atoms with Gasteiger partial charge in [-0.25, -0.2) is 4.79 Å². The van der Waals surface area contributed by atoms with Crippen LogP contribution >= 0.6 is 0 Å². The molecule has 7 heteroatoms. The number of nitrogens with one attached hydrogen (secondary N) is 1. The van der Waals surface area contributed by atoms with Gasteiger partial charge in [-0.3, -0.25) is 0 Å². The van der Waals surface area contributed by atoms with Crippen LogP contribution in [0, 0.1) is 5.92 Å². The molecule has 0 radical (unpaired) electrons.